The van der Waals surface area contributed by atoms with Crippen molar-refractivity contribution in [2.24, 2.45) is 0 Å². The van der Waals surface area contributed by atoms with Gasteiger partial charge in [0.1, 0.15) is 5.69 Å². The van der Waals surface area contributed by atoms with Crippen LogP contribution in [0, 0.1) is 6.92 Å². The van der Waals surface area contributed by atoms with Crippen molar-refractivity contribution in [1.82, 2.24) is 4.98 Å². The van der Waals surface area contributed by atoms with Crippen LogP contribution in [0.3, 0.4) is 0 Å². The zero-order valence-electron chi connectivity index (χ0n) is 6.39. The van der Waals surface area contributed by atoms with Crippen molar-refractivity contribution in [1.29, 1.82) is 0 Å². The second-order valence-corrected chi connectivity index (χ2v) is 3.14. The smallest absolute Gasteiger partial charge is 0.179 e. The van der Waals surface area contributed by atoms with Gasteiger partial charge in [-0.05, 0) is 34.5 Å². The van der Waals surface area contributed by atoms with Crippen LogP contribution in [0.15, 0.2) is 16.7 Å². The molecule has 0 aliphatic carbocycles. The van der Waals surface area contributed by atoms with Gasteiger partial charge in [0.2, 0.25) is 0 Å². The molecule has 0 atom stereocenters. The number of pyridine rings is 1. The average molecular weight is 214 g/mol. The first-order chi connectivity index (χ1) is 5.13. The minimum absolute atomic E-state index is 0.0134. The normalized spacial score (nSPS) is 9.73. The standard InChI is InChI=1S/C8H8BrNO/c1-5-3-4-10-8(6(2)11)7(5)9/h3-4H,1-2H3. The van der Waals surface area contributed by atoms with Gasteiger partial charge in [0.05, 0.1) is 0 Å². The van der Waals surface area contributed by atoms with Crippen LogP contribution in [0.4, 0.5) is 0 Å². The summed E-state index contributed by atoms with van der Waals surface area (Å²) in [4.78, 5) is 14.9. The van der Waals surface area contributed by atoms with E-state index in [1.165, 1.54) is 6.92 Å². The number of aryl methyl sites for hydroxylation is 1. The van der Waals surface area contributed by atoms with Crippen molar-refractivity contribution in [3.8, 4) is 0 Å². The van der Waals surface area contributed by atoms with Crippen molar-refractivity contribution in [2.75, 3.05) is 0 Å². The fourth-order valence-corrected chi connectivity index (χ4v) is 1.30. The molecular weight excluding hydrogens is 206 g/mol. The zero-order valence-corrected chi connectivity index (χ0v) is 7.97. The van der Waals surface area contributed by atoms with E-state index in [1.807, 2.05) is 13.0 Å². The predicted molar refractivity (Wildman–Crippen MR) is 46.7 cm³/mol. The summed E-state index contributed by atoms with van der Waals surface area (Å²) in [5.74, 6) is -0.0134. The second kappa shape index (κ2) is 3.13. The minimum atomic E-state index is -0.0134. The lowest BCUT2D eigenvalue weighted by Crippen LogP contribution is -1.98. The molecule has 0 saturated carbocycles. The molecule has 2 nitrogen and oxygen atoms in total. The van der Waals surface area contributed by atoms with Gasteiger partial charge in [-0.2, -0.15) is 0 Å². The van der Waals surface area contributed by atoms with Gasteiger partial charge < -0.3 is 0 Å². The summed E-state index contributed by atoms with van der Waals surface area (Å²) >= 11 is 3.30. The number of ketones is 1. The average Bonchev–Trinajstić information content (AvgIpc) is 1.94. The summed E-state index contributed by atoms with van der Waals surface area (Å²) in [6, 6.07) is 1.86. The van der Waals surface area contributed by atoms with E-state index in [-0.39, 0.29) is 5.78 Å². The molecule has 1 aromatic rings. The maximum Gasteiger partial charge on any atom is 0.179 e. The van der Waals surface area contributed by atoms with Crippen molar-refractivity contribution in [2.45, 2.75) is 13.8 Å². The number of halogens is 1. The van der Waals surface area contributed by atoms with Gasteiger partial charge in [0.25, 0.3) is 0 Å². The number of rotatable bonds is 1. The van der Waals surface area contributed by atoms with Crippen LogP contribution in [0.1, 0.15) is 23.0 Å². The third-order valence-corrected chi connectivity index (χ3v) is 2.42. The molecule has 58 valence electrons. The number of Topliss-reactive ketones (excluding diaryl/α,β-unsaturated/α-hetero) is 1. The number of nitrogens with zero attached hydrogens (tertiary/aromatic N) is 1. The lowest BCUT2D eigenvalue weighted by Gasteiger charge is -2.00. The summed E-state index contributed by atoms with van der Waals surface area (Å²) in [5, 5.41) is 0. The molecule has 0 unspecified atom stereocenters. The van der Waals surface area contributed by atoms with Gasteiger partial charge in [-0.1, -0.05) is 0 Å². The third-order valence-electron chi connectivity index (χ3n) is 1.42. The molecule has 0 saturated heterocycles. The SMILES string of the molecule is CC(=O)c1nccc(C)c1Br. The van der Waals surface area contributed by atoms with Crippen LogP contribution >= 0.6 is 15.9 Å². The van der Waals surface area contributed by atoms with Crippen molar-refractivity contribution in [3.63, 3.8) is 0 Å². The molecule has 0 fully saturated rings. The summed E-state index contributed by atoms with van der Waals surface area (Å²) in [6.45, 7) is 3.44. The Morgan fingerprint density at radius 2 is 2.27 bits per heavy atom. The number of aromatic nitrogens is 1. The Morgan fingerprint density at radius 1 is 1.64 bits per heavy atom. The van der Waals surface area contributed by atoms with Gasteiger partial charge in [-0.25, -0.2) is 0 Å². The van der Waals surface area contributed by atoms with E-state index >= 15 is 0 Å². The molecule has 0 spiro atoms. The van der Waals surface area contributed by atoms with E-state index in [1.54, 1.807) is 6.20 Å². The number of carbonyl (C=O) groups excluding carboxylic acids is 1. The molecule has 3 heteroatoms. The largest absolute Gasteiger partial charge is 0.293 e. The van der Waals surface area contributed by atoms with E-state index in [4.69, 9.17) is 0 Å². The molecule has 0 bridgehead atoms. The molecule has 0 amide bonds. The van der Waals surface area contributed by atoms with E-state index in [0.717, 1.165) is 10.0 Å². The Bertz CT molecular complexity index is 296. The number of hydrogen-bond donors (Lipinski definition) is 0. The maximum atomic E-state index is 10.9. The molecule has 11 heavy (non-hydrogen) atoms. The molecule has 0 radical (unpaired) electrons. The Labute approximate surface area is 73.8 Å². The maximum absolute atomic E-state index is 10.9. The molecular formula is C8H8BrNO. The lowest BCUT2D eigenvalue weighted by molar-refractivity contribution is 0.101. The molecule has 1 aromatic heterocycles. The fraction of sp³-hybridized carbons (Fsp3) is 0.250. The molecule has 0 aromatic carbocycles. The highest BCUT2D eigenvalue weighted by Crippen LogP contribution is 2.18. The summed E-state index contributed by atoms with van der Waals surface area (Å²) < 4.78 is 0.799. The van der Waals surface area contributed by atoms with Gasteiger partial charge in [-0.3, -0.25) is 9.78 Å². The van der Waals surface area contributed by atoms with Crippen LogP contribution in [0.25, 0.3) is 0 Å². The van der Waals surface area contributed by atoms with Gasteiger partial charge in [0, 0.05) is 17.6 Å². The van der Waals surface area contributed by atoms with Crippen LogP contribution in [-0.4, -0.2) is 10.8 Å². The van der Waals surface area contributed by atoms with Gasteiger partial charge in [-0.15, -0.1) is 0 Å². The van der Waals surface area contributed by atoms with Crippen LogP contribution in [-0.2, 0) is 0 Å². The van der Waals surface area contributed by atoms with Crippen LogP contribution in [0.2, 0.25) is 0 Å². The monoisotopic (exact) mass is 213 g/mol. The fourth-order valence-electron chi connectivity index (χ4n) is 0.786. The number of hydrogen-bond acceptors (Lipinski definition) is 2. The predicted octanol–water partition coefficient (Wildman–Crippen LogP) is 2.36. The van der Waals surface area contributed by atoms with E-state index < -0.39 is 0 Å². The summed E-state index contributed by atoms with van der Waals surface area (Å²) in [7, 11) is 0. The van der Waals surface area contributed by atoms with Gasteiger partial charge in [0.15, 0.2) is 5.78 Å². The van der Waals surface area contributed by atoms with Crippen LogP contribution in [0.5, 0.6) is 0 Å². The summed E-state index contributed by atoms with van der Waals surface area (Å²) in [6.07, 6.45) is 1.64. The summed E-state index contributed by atoms with van der Waals surface area (Å²) in [5.41, 5.74) is 1.54. The van der Waals surface area contributed by atoms with Crippen molar-refractivity contribution >= 4 is 21.7 Å². The number of carbonyl (C=O) groups is 1. The highest BCUT2D eigenvalue weighted by Gasteiger charge is 2.07. The Kier molecular flexibility index (Phi) is 2.39. The first-order valence-electron chi connectivity index (χ1n) is 3.25. The highest BCUT2D eigenvalue weighted by atomic mass is 79.9. The minimum Gasteiger partial charge on any atom is -0.293 e. The molecule has 0 aliphatic heterocycles. The van der Waals surface area contributed by atoms with Crippen molar-refractivity contribution in [3.05, 3.63) is 28.0 Å². The highest BCUT2D eigenvalue weighted by molar-refractivity contribution is 9.10. The Balaban J connectivity index is 3.27. The third kappa shape index (κ3) is 1.66. The van der Waals surface area contributed by atoms with Gasteiger partial charge >= 0.3 is 0 Å². The van der Waals surface area contributed by atoms with Crippen molar-refractivity contribution < 1.29 is 4.79 Å². The second-order valence-electron chi connectivity index (χ2n) is 2.35. The molecule has 0 aliphatic rings. The Hall–Kier alpha value is -0.700. The Morgan fingerprint density at radius 3 is 2.73 bits per heavy atom. The van der Waals surface area contributed by atoms with E-state index in [0.29, 0.717) is 5.69 Å². The lowest BCUT2D eigenvalue weighted by atomic mass is 10.2. The topological polar surface area (TPSA) is 30.0 Å². The van der Waals surface area contributed by atoms with E-state index in [2.05, 4.69) is 20.9 Å². The van der Waals surface area contributed by atoms with Crippen LogP contribution < -0.4 is 0 Å². The first-order valence-corrected chi connectivity index (χ1v) is 4.04. The molecule has 1 rings (SSSR count). The van der Waals surface area contributed by atoms with E-state index in [9.17, 15) is 4.79 Å². The molecule has 1 heterocycles. The first kappa shape index (κ1) is 8.40. The molecule has 0 N–H and O–H groups in total. The zero-order chi connectivity index (χ0) is 8.43. The quantitative estimate of drug-likeness (QED) is 0.671.